The van der Waals surface area contributed by atoms with Gasteiger partial charge in [-0.25, -0.2) is 0 Å². The minimum Gasteiger partial charge on any atom is -0.467 e. The molecule has 0 radical (unpaired) electrons. The summed E-state index contributed by atoms with van der Waals surface area (Å²) in [5, 5.41) is 0. The molecule has 1 aromatic carbocycles. The molecule has 1 saturated heterocycles. The zero-order valence-corrected chi connectivity index (χ0v) is 16.5. The minimum absolute atomic E-state index is 0.0702. The van der Waals surface area contributed by atoms with Crippen LogP contribution in [0.5, 0.6) is 0 Å². The van der Waals surface area contributed by atoms with Crippen molar-refractivity contribution in [2.45, 2.75) is 19.4 Å². The number of aromatic nitrogens is 1. The Hall–Kier alpha value is -3.28. The number of furan rings is 1. The van der Waals surface area contributed by atoms with Crippen molar-refractivity contribution in [2.75, 3.05) is 31.1 Å². The number of nitrogens with zero attached hydrogens (tertiary/aromatic N) is 3. The number of ketones is 1. The number of amides is 1. The molecule has 0 spiro atoms. The number of benzene rings is 1. The predicted octanol–water partition coefficient (Wildman–Crippen LogP) is 3.61. The number of carbonyl (C=O) groups is 2. The molecule has 0 N–H and O–H groups in total. The molecule has 2 aromatic heterocycles. The van der Waals surface area contributed by atoms with Crippen molar-refractivity contribution in [1.29, 1.82) is 0 Å². The molecule has 1 aliphatic heterocycles. The van der Waals surface area contributed by atoms with Crippen molar-refractivity contribution in [1.82, 2.24) is 9.47 Å². The molecule has 4 rings (SSSR count). The highest BCUT2D eigenvalue weighted by atomic mass is 16.3. The van der Waals surface area contributed by atoms with Crippen LogP contribution in [0.1, 0.15) is 35.5 Å². The van der Waals surface area contributed by atoms with Crippen molar-refractivity contribution >= 4 is 17.4 Å². The van der Waals surface area contributed by atoms with E-state index in [-0.39, 0.29) is 17.7 Å². The summed E-state index contributed by atoms with van der Waals surface area (Å²) in [5.74, 6) is 0.992. The van der Waals surface area contributed by atoms with Crippen LogP contribution in [0.15, 0.2) is 71.6 Å². The molecule has 6 nitrogen and oxygen atoms in total. The van der Waals surface area contributed by atoms with E-state index >= 15 is 0 Å². The number of carbonyl (C=O) groups excluding carboxylic acids is 2. The summed E-state index contributed by atoms with van der Waals surface area (Å²) in [4.78, 5) is 28.6. The molecular weight excluding hydrogens is 366 g/mol. The molecule has 29 heavy (non-hydrogen) atoms. The van der Waals surface area contributed by atoms with Gasteiger partial charge in [0.15, 0.2) is 5.78 Å². The number of hydrogen-bond acceptors (Lipinski definition) is 4. The zero-order chi connectivity index (χ0) is 20.2. The van der Waals surface area contributed by atoms with Crippen LogP contribution in [0, 0.1) is 0 Å². The third kappa shape index (κ3) is 4.26. The number of anilines is 1. The number of Topliss-reactive ketones (excluding diaryl/α,β-unsaturated/α-hetero) is 1. The second kappa shape index (κ2) is 8.39. The lowest BCUT2D eigenvalue weighted by atomic mass is 10.1. The summed E-state index contributed by atoms with van der Waals surface area (Å²) >= 11 is 0. The molecule has 150 valence electrons. The van der Waals surface area contributed by atoms with E-state index in [0.29, 0.717) is 19.5 Å². The SMILES string of the molecule is CC(=O)c1ccc(N2CCN(C(=O)C[C@@H](c3ccco3)n3cccc3)CC2)cc1. The fraction of sp³-hybridized carbons (Fsp3) is 0.304. The fourth-order valence-electron chi connectivity index (χ4n) is 3.80. The molecule has 0 unspecified atom stereocenters. The average molecular weight is 391 g/mol. The molecule has 3 heterocycles. The monoisotopic (exact) mass is 391 g/mol. The van der Waals surface area contributed by atoms with E-state index in [1.54, 1.807) is 13.2 Å². The van der Waals surface area contributed by atoms with Gasteiger partial charge in [-0.15, -0.1) is 0 Å². The fourth-order valence-corrected chi connectivity index (χ4v) is 3.80. The smallest absolute Gasteiger partial charge is 0.225 e. The second-order valence-corrected chi connectivity index (χ2v) is 7.34. The largest absolute Gasteiger partial charge is 0.467 e. The highest BCUT2D eigenvalue weighted by Gasteiger charge is 2.26. The van der Waals surface area contributed by atoms with E-state index < -0.39 is 0 Å². The Kier molecular flexibility index (Phi) is 5.51. The molecule has 0 saturated carbocycles. The van der Waals surface area contributed by atoms with E-state index in [1.807, 2.05) is 70.4 Å². The van der Waals surface area contributed by atoms with Crippen molar-refractivity contribution in [3.8, 4) is 0 Å². The Bertz CT molecular complexity index is 904. The quantitative estimate of drug-likeness (QED) is 0.603. The molecule has 1 amide bonds. The van der Waals surface area contributed by atoms with Crippen LogP contribution in [0.25, 0.3) is 0 Å². The van der Waals surface area contributed by atoms with Crippen LogP contribution < -0.4 is 4.90 Å². The van der Waals surface area contributed by atoms with Gasteiger partial charge in [-0.05, 0) is 55.5 Å². The van der Waals surface area contributed by atoms with E-state index in [2.05, 4.69) is 4.90 Å². The van der Waals surface area contributed by atoms with E-state index in [9.17, 15) is 9.59 Å². The number of piperazine rings is 1. The Labute approximate surface area is 170 Å². The van der Waals surface area contributed by atoms with Gasteiger partial charge < -0.3 is 18.8 Å². The van der Waals surface area contributed by atoms with Crippen LogP contribution in [0.3, 0.4) is 0 Å². The third-order valence-electron chi connectivity index (χ3n) is 5.50. The van der Waals surface area contributed by atoms with Crippen molar-refractivity contribution in [3.05, 3.63) is 78.5 Å². The van der Waals surface area contributed by atoms with Crippen LogP contribution in [0.4, 0.5) is 5.69 Å². The summed E-state index contributed by atoms with van der Waals surface area (Å²) < 4.78 is 7.60. The first-order valence-electron chi connectivity index (χ1n) is 9.91. The summed E-state index contributed by atoms with van der Waals surface area (Å²) in [5.41, 5.74) is 1.81. The van der Waals surface area contributed by atoms with Gasteiger partial charge in [0.25, 0.3) is 0 Å². The normalized spacial score (nSPS) is 15.3. The predicted molar refractivity (Wildman–Crippen MR) is 111 cm³/mol. The molecule has 3 aromatic rings. The van der Waals surface area contributed by atoms with Crippen LogP contribution >= 0.6 is 0 Å². The second-order valence-electron chi connectivity index (χ2n) is 7.34. The maximum absolute atomic E-state index is 13.0. The first-order chi connectivity index (χ1) is 14.1. The summed E-state index contributed by atoms with van der Waals surface area (Å²) in [7, 11) is 0. The van der Waals surface area contributed by atoms with Gasteiger partial charge in [-0.2, -0.15) is 0 Å². The summed E-state index contributed by atoms with van der Waals surface area (Å²) in [6.07, 6.45) is 5.94. The van der Waals surface area contributed by atoms with Crippen LogP contribution in [0.2, 0.25) is 0 Å². The first kappa shape index (κ1) is 19.1. The van der Waals surface area contributed by atoms with Gasteiger partial charge >= 0.3 is 0 Å². The first-order valence-corrected chi connectivity index (χ1v) is 9.91. The zero-order valence-electron chi connectivity index (χ0n) is 16.5. The van der Waals surface area contributed by atoms with Gasteiger partial charge in [0, 0.05) is 49.8 Å². The third-order valence-corrected chi connectivity index (χ3v) is 5.50. The highest BCUT2D eigenvalue weighted by molar-refractivity contribution is 5.94. The average Bonchev–Trinajstić information content (AvgIpc) is 3.46. The lowest BCUT2D eigenvalue weighted by Crippen LogP contribution is -2.49. The lowest BCUT2D eigenvalue weighted by Gasteiger charge is -2.36. The van der Waals surface area contributed by atoms with Crippen LogP contribution in [-0.2, 0) is 4.79 Å². The molecule has 1 atom stereocenters. The Morgan fingerprint density at radius 1 is 0.966 bits per heavy atom. The molecule has 1 aliphatic rings. The van der Waals surface area contributed by atoms with Crippen molar-refractivity contribution in [2.24, 2.45) is 0 Å². The highest BCUT2D eigenvalue weighted by Crippen LogP contribution is 2.25. The maximum atomic E-state index is 13.0. The van der Waals surface area contributed by atoms with E-state index in [1.165, 1.54) is 0 Å². The van der Waals surface area contributed by atoms with Gasteiger partial charge in [-0.1, -0.05) is 0 Å². The Balaban J connectivity index is 1.38. The van der Waals surface area contributed by atoms with Crippen molar-refractivity contribution in [3.63, 3.8) is 0 Å². The van der Waals surface area contributed by atoms with Gasteiger partial charge in [0.2, 0.25) is 5.91 Å². The van der Waals surface area contributed by atoms with Crippen molar-refractivity contribution < 1.29 is 14.0 Å². The molecule has 0 aliphatic carbocycles. The van der Waals surface area contributed by atoms with Gasteiger partial charge in [0.1, 0.15) is 5.76 Å². The van der Waals surface area contributed by atoms with Crippen LogP contribution in [-0.4, -0.2) is 47.3 Å². The van der Waals surface area contributed by atoms with E-state index in [4.69, 9.17) is 4.42 Å². The van der Waals surface area contributed by atoms with Gasteiger partial charge in [0.05, 0.1) is 18.7 Å². The topological polar surface area (TPSA) is 58.7 Å². The lowest BCUT2D eigenvalue weighted by molar-refractivity contribution is -0.132. The Morgan fingerprint density at radius 2 is 1.66 bits per heavy atom. The minimum atomic E-state index is -0.135. The summed E-state index contributed by atoms with van der Waals surface area (Å²) in [6, 6.07) is 15.2. The molecule has 0 bridgehead atoms. The van der Waals surface area contributed by atoms with Gasteiger partial charge in [-0.3, -0.25) is 9.59 Å². The summed E-state index contributed by atoms with van der Waals surface area (Å²) in [6.45, 7) is 4.50. The molecule has 6 heteroatoms. The van der Waals surface area contributed by atoms with E-state index in [0.717, 1.165) is 30.1 Å². The maximum Gasteiger partial charge on any atom is 0.225 e. The molecule has 1 fully saturated rings. The standard InChI is InChI=1S/C23H25N3O3/c1-18(27)19-6-8-20(9-7-19)24-12-14-26(15-13-24)23(28)17-21(22-5-4-16-29-22)25-10-2-3-11-25/h2-11,16,21H,12-15,17H2,1H3/t21-/m0/s1. The number of hydrogen-bond donors (Lipinski definition) is 0. The number of rotatable bonds is 6. The Morgan fingerprint density at radius 3 is 2.24 bits per heavy atom. The molecular formula is C23H25N3O3.